The maximum absolute atomic E-state index is 15.0. The van der Waals surface area contributed by atoms with E-state index in [-0.39, 0.29) is 0 Å². The molecule has 0 amide bonds. The lowest BCUT2D eigenvalue weighted by Gasteiger charge is -2.31. The van der Waals surface area contributed by atoms with Crippen LogP contribution in [0.25, 0.3) is 0 Å². The van der Waals surface area contributed by atoms with Gasteiger partial charge in [0.15, 0.2) is 5.67 Å². The lowest BCUT2D eigenvalue weighted by atomic mass is 9.92. The molecule has 102 valence electrons. The van der Waals surface area contributed by atoms with Crippen molar-refractivity contribution in [2.24, 2.45) is 0 Å². The van der Waals surface area contributed by atoms with E-state index in [1.165, 1.54) is 0 Å². The summed E-state index contributed by atoms with van der Waals surface area (Å²) in [5.74, 6) is 0. The van der Waals surface area contributed by atoms with E-state index >= 15 is 0 Å². The van der Waals surface area contributed by atoms with Crippen LogP contribution < -0.4 is 5.32 Å². The van der Waals surface area contributed by atoms with Gasteiger partial charge in [-0.15, -0.1) is 0 Å². The fourth-order valence-corrected chi connectivity index (χ4v) is 2.65. The van der Waals surface area contributed by atoms with Crippen molar-refractivity contribution in [3.8, 4) is 0 Å². The van der Waals surface area contributed by atoms with Crippen LogP contribution in [-0.2, 0) is 12.2 Å². The van der Waals surface area contributed by atoms with Gasteiger partial charge in [0.1, 0.15) is 0 Å². The van der Waals surface area contributed by atoms with Gasteiger partial charge in [0.05, 0.1) is 23.5 Å². The Balaban J connectivity index is 2.22. The number of rotatable bonds is 4. The third-order valence-corrected chi connectivity index (χ3v) is 3.59. The Morgan fingerprint density at radius 2 is 2.39 bits per heavy atom. The van der Waals surface area contributed by atoms with Gasteiger partial charge in [-0.3, -0.25) is 4.68 Å². The van der Waals surface area contributed by atoms with Crippen molar-refractivity contribution in [1.29, 1.82) is 0 Å². The predicted octanol–water partition coefficient (Wildman–Crippen LogP) is 1.65. The standard InChI is InChI=1S/C12H20ClFN4/c1-17(2)6-7-18-11(10(13)8-16-18)12(14)4-3-5-15-9-12/h8,15H,3-7,9H2,1-2H3. The zero-order valence-electron chi connectivity index (χ0n) is 10.9. The maximum Gasteiger partial charge on any atom is 0.166 e. The van der Waals surface area contributed by atoms with Crippen LogP contribution in [0.1, 0.15) is 18.5 Å². The molecule has 1 atom stereocenters. The lowest BCUT2D eigenvalue weighted by Crippen LogP contribution is -2.42. The highest BCUT2D eigenvalue weighted by Gasteiger charge is 2.38. The summed E-state index contributed by atoms with van der Waals surface area (Å²) in [7, 11) is 3.97. The summed E-state index contributed by atoms with van der Waals surface area (Å²) in [4.78, 5) is 2.05. The number of likely N-dealkylation sites (N-methyl/N-ethyl adjacent to an activating group) is 1. The van der Waals surface area contributed by atoms with Crippen LogP contribution in [0.5, 0.6) is 0 Å². The topological polar surface area (TPSA) is 33.1 Å². The maximum atomic E-state index is 15.0. The van der Waals surface area contributed by atoms with Crippen molar-refractivity contribution in [2.45, 2.75) is 25.1 Å². The molecule has 0 bridgehead atoms. The first-order chi connectivity index (χ1) is 8.53. The van der Waals surface area contributed by atoms with Crippen LogP contribution in [0, 0.1) is 0 Å². The van der Waals surface area contributed by atoms with E-state index in [1.54, 1.807) is 10.9 Å². The molecule has 0 saturated carbocycles. The number of halogens is 2. The minimum absolute atomic E-state index is 0.320. The van der Waals surface area contributed by atoms with Gasteiger partial charge in [0.2, 0.25) is 0 Å². The minimum atomic E-state index is -1.39. The monoisotopic (exact) mass is 274 g/mol. The molecule has 1 fully saturated rings. The van der Waals surface area contributed by atoms with E-state index in [9.17, 15) is 4.39 Å². The van der Waals surface area contributed by atoms with Crippen LogP contribution in [0.4, 0.5) is 4.39 Å². The Labute approximate surface area is 112 Å². The highest BCUT2D eigenvalue weighted by Crippen LogP contribution is 2.36. The molecule has 1 aliphatic heterocycles. The molecule has 0 radical (unpaired) electrons. The molecule has 0 spiro atoms. The van der Waals surface area contributed by atoms with Crippen LogP contribution >= 0.6 is 11.6 Å². The SMILES string of the molecule is CN(C)CCn1ncc(Cl)c1C1(F)CCCNC1. The number of nitrogens with zero attached hydrogens (tertiary/aromatic N) is 3. The molecule has 2 heterocycles. The van der Waals surface area contributed by atoms with E-state index in [1.807, 2.05) is 19.0 Å². The highest BCUT2D eigenvalue weighted by atomic mass is 35.5. The van der Waals surface area contributed by atoms with Gasteiger partial charge < -0.3 is 10.2 Å². The second kappa shape index (κ2) is 5.55. The van der Waals surface area contributed by atoms with Crippen molar-refractivity contribution in [2.75, 3.05) is 33.7 Å². The summed E-state index contributed by atoms with van der Waals surface area (Å²) in [6, 6.07) is 0. The normalized spacial score (nSPS) is 24.7. The van der Waals surface area contributed by atoms with Gasteiger partial charge in [0.25, 0.3) is 0 Å². The van der Waals surface area contributed by atoms with E-state index in [2.05, 4.69) is 10.4 Å². The van der Waals surface area contributed by atoms with Crippen LogP contribution in [0.3, 0.4) is 0 Å². The zero-order chi connectivity index (χ0) is 13.2. The van der Waals surface area contributed by atoms with Gasteiger partial charge in [-0.05, 0) is 33.5 Å². The molecule has 1 aliphatic rings. The Morgan fingerprint density at radius 3 is 3.00 bits per heavy atom. The van der Waals surface area contributed by atoms with Gasteiger partial charge in [-0.1, -0.05) is 11.6 Å². The molecule has 0 aliphatic carbocycles. The molecule has 1 aromatic heterocycles. The zero-order valence-corrected chi connectivity index (χ0v) is 11.7. The quantitative estimate of drug-likeness (QED) is 0.906. The Bertz CT molecular complexity index is 399. The highest BCUT2D eigenvalue weighted by molar-refractivity contribution is 6.31. The minimum Gasteiger partial charge on any atom is -0.313 e. The molecule has 1 unspecified atom stereocenters. The number of hydrogen-bond donors (Lipinski definition) is 1. The summed E-state index contributed by atoms with van der Waals surface area (Å²) in [5, 5.41) is 7.73. The average Bonchev–Trinajstić information content (AvgIpc) is 2.69. The molecule has 1 N–H and O–H groups in total. The average molecular weight is 275 g/mol. The van der Waals surface area contributed by atoms with Crippen molar-refractivity contribution in [3.63, 3.8) is 0 Å². The van der Waals surface area contributed by atoms with Gasteiger partial charge in [-0.25, -0.2) is 4.39 Å². The fraction of sp³-hybridized carbons (Fsp3) is 0.750. The Morgan fingerprint density at radius 1 is 1.61 bits per heavy atom. The fourth-order valence-electron chi connectivity index (χ4n) is 2.34. The van der Waals surface area contributed by atoms with Crippen LogP contribution in [-0.4, -0.2) is 48.4 Å². The van der Waals surface area contributed by atoms with Crippen LogP contribution in [0.15, 0.2) is 6.20 Å². The summed E-state index contributed by atoms with van der Waals surface area (Å²) >= 11 is 6.12. The van der Waals surface area contributed by atoms with Crippen molar-refractivity contribution in [1.82, 2.24) is 20.0 Å². The van der Waals surface area contributed by atoms with Gasteiger partial charge in [-0.2, -0.15) is 5.10 Å². The first-order valence-electron chi connectivity index (χ1n) is 6.29. The van der Waals surface area contributed by atoms with E-state index in [0.29, 0.717) is 30.2 Å². The first kappa shape index (κ1) is 13.8. The second-order valence-corrected chi connectivity index (χ2v) is 5.52. The molecule has 4 nitrogen and oxygen atoms in total. The van der Waals surface area contributed by atoms with E-state index in [0.717, 1.165) is 19.5 Å². The molecule has 1 saturated heterocycles. The number of nitrogens with one attached hydrogen (secondary N) is 1. The number of alkyl halides is 1. The van der Waals surface area contributed by atoms with Crippen molar-refractivity contribution < 1.29 is 4.39 Å². The number of piperidine rings is 1. The third-order valence-electron chi connectivity index (χ3n) is 3.31. The van der Waals surface area contributed by atoms with Crippen LogP contribution in [0.2, 0.25) is 5.02 Å². The van der Waals surface area contributed by atoms with E-state index in [4.69, 9.17) is 11.6 Å². The summed E-state index contributed by atoms with van der Waals surface area (Å²) in [6.45, 7) is 2.66. The molecular formula is C12H20ClFN4. The second-order valence-electron chi connectivity index (χ2n) is 5.11. The first-order valence-corrected chi connectivity index (χ1v) is 6.67. The number of aromatic nitrogens is 2. The lowest BCUT2D eigenvalue weighted by molar-refractivity contribution is 0.109. The van der Waals surface area contributed by atoms with Crippen molar-refractivity contribution >= 4 is 11.6 Å². The summed E-state index contributed by atoms with van der Waals surface area (Å²) in [5.41, 5.74) is -0.865. The molecule has 2 rings (SSSR count). The van der Waals surface area contributed by atoms with Gasteiger partial charge >= 0.3 is 0 Å². The molecule has 1 aromatic rings. The third kappa shape index (κ3) is 2.84. The molecule has 6 heteroatoms. The van der Waals surface area contributed by atoms with Crippen molar-refractivity contribution in [3.05, 3.63) is 16.9 Å². The van der Waals surface area contributed by atoms with E-state index < -0.39 is 5.67 Å². The van der Waals surface area contributed by atoms with Gasteiger partial charge in [0, 0.05) is 13.1 Å². The smallest absolute Gasteiger partial charge is 0.166 e. The Kier molecular flexibility index (Phi) is 4.25. The molecular weight excluding hydrogens is 255 g/mol. The summed E-state index contributed by atoms with van der Waals surface area (Å²) in [6.07, 6.45) is 2.88. The Hall–Kier alpha value is -0.650. The molecule has 0 aromatic carbocycles. The largest absolute Gasteiger partial charge is 0.313 e. The molecule has 18 heavy (non-hydrogen) atoms. The summed E-state index contributed by atoms with van der Waals surface area (Å²) < 4.78 is 16.7. The predicted molar refractivity (Wildman–Crippen MR) is 70.7 cm³/mol. The number of hydrogen-bond acceptors (Lipinski definition) is 3.